The molecule has 0 amide bonds. The van der Waals surface area contributed by atoms with Gasteiger partial charge in [0.15, 0.2) is 0 Å². The van der Waals surface area contributed by atoms with Crippen LogP contribution >= 0.6 is 15.9 Å². The summed E-state index contributed by atoms with van der Waals surface area (Å²) in [6.07, 6.45) is 1.61. The quantitative estimate of drug-likeness (QED) is 0.713. The van der Waals surface area contributed by atoms with Gasteiger partial charge < -0.3 is 4.74 Å². The Bertz CT molecular complexity index is 178. The number of hydrogen-bond acceptors (Lipinski definition) is 1. The molecular weight excluding hydrogens is 273 g/mol. The zero-order valence-electron chi connectivity index (χ0n) is 8.52. The molecule has 1 atom stereocenters. The summed E-state index contributed by atoms with van der Waals surface area (Å²) in [5, 5.41) is 0. The van der Waals surface area contributed by atoms with Crippen LogP contribution in [0, 0.1) is 5.92 Å². The molecule has 1 aliphatic carbocycles. The first-order valence-corrected chi connectivity index (χ1v) is 6.20. The summed E-state index contributed by atoms with van der Waals surface area (Å²) in [7, 11) is 0. The first-order chi connectivity index (χ1) is 7.00. The largest absolute Gasteiger partial charge is 0.403 e. The Hall–Kier alpha value is 0.230. The van der Waals surface area contributed by atoms with Gasteiger partial charge >= 0.3 is 6.18 Å². The number of hydrogen-bond donors (Lipinski definition) is 0. The van der Waals surface area contributed by atoms with Crippen LogP contribution < -0.4 is 0 Å². The Balaban J connectivity index is 2.10. The molecule has 1 aliphatic rings. The van der Waals surface area contributed by atoms with E-state index in [1.807, 2.05) is 0 Å². The molecular formula is C10H16BrF3O. The average molecular weight is 289 g/mol. The van der Waals surface area contributed by atoms with Gasteiger partial charge in [-0.2, -0.15) is 13.2 Å². The van der Waals surface area contributed by atoms with Crippen molar-refractivity contribution in [1.29, 1.82) is 0 Å². The lowest BCUT2D eigenvalue weighted by atomic mass is 9.90. The van der Waals surface area contributed by atoms with E-state index in [-0.39, 0.29) is 6.61 Å². The molecule has 1 fully saturated rings. The third-order valence-corrected chi connectivity index (χ3v) is 3.48. The third kappa shape index (κ3) is 5.20. The molecule has 15 heavy (non-hydrogen) atoms. The van der Waals surface area contributed by atoms with Gasteiger partial charge in [0.2, 0.25) is 0 Å². The normalized spacial score (nSPS) is 21.6. The topological polar surface area (TPSA) is 9.23 Å². The standard InChI is InChI=1S/C10H16BrF3O/c11-9(10(12,13)14)7-15-6-8-4-2-1-3-5-8/h8-9H,1-7H2. The monoisotopic (exact) mass is 288 g/mol. The molecule has 0 aromatic heterocycles. The molecule has 90 valence electrons. The number of ether oxygens (including phenoxy) is 1. The molecule has 1 nitrogen and oxygen atoms in total. The molecule has 0 saturated heterocycles. The van der Waals surface area contributed by atoms with Crippen molar-refractivity contribution in [2.75, 3.05) is 13.2 Å². The molecule has 0 aliphatic heterocycles. The van der Waals surface area contributed by atoms with E-state index in [1.165, 1.54) is 19.3 Å². The highest BCUT2D eigenvalue weighted by Gasteiger charge is 2.37. The number of halogens is 4. The minimum absolute atomic E-state index is 0.278. The summed E-state index contributed by atoms with van der Waals surface area (Å²) in [5.41, 5.74) is 0. The maximum Gasteiger partial charge on any atom is 0.403 e. The summed E-state index contributed by atoms with van der Waals surface area (Å²) >= 11 is 2.57. The van der Waals surface area contributed by atoms with E-state index in [0.717, 1.165) is 12.8 Å². The molecule has 0 spiro atoms. The Morgan fingerprint density at radius 3 is 2.33 bits per heavy atom. The van der Waals surface area contributed by atoms with Crippen LogP contribution in [0.5, 0.6) is 0 Å². The van der Waals surface area contributed by atoms with Gasteiger partial charge in [-0.25, -0.2) is 0 Å². The minimum atomic E-state index is -4.20. The summed E-state index contributed by atoms with van der Waals surface area (Å²) in [6.45, 7) is 0.193. The average Bonchev–Trinajstić information content (AvgIpc) is 2.18. The van der Waals surface area contributed by atoms with Crippen LogP contribution in [0.3, 0.4) is 0 Å². The van der Waals surface area contributed by atoms with Crippen molar-refractivity contribution in [3.8, 4) is 0 Å². The molecule has 0 aromatic carbocycles. The summed E-state index contributed by atoms with van der Waals surface area (Å²) in [5.74, 6) is 0.465. The Kier molecular flexibility index (Phi) is 5.39. The predicted octanol–water partition coefficient (Wildman–Crippen LogP) is 3.91. The first kappa shape index (κ1) is 13.3. The maximum absolute atomic E-state index is 12.1. The zero-order valence-corrected chi connectivity index (χ0v) is 10.1. The van der Waals surface area contributed by atoms with Crippen molar-refractivity contribution < 1.29 is 17.9 Å². The van der Waals surface area contributed by atoms with Crippen molar-refractivity contribution in [1.82, 2.24) is 0 Å². The van der Waals surface area contributed by atoms with Crippen molar-refractivity contribution in [3.63, 3.8) is 0 Å². The fourth-order valence-electron chi connectivity index (χ4n) is 1.79. The van der Waals surface area contributed by atoms with Crippen LogP contribution in [0.1, 0.15) is 32.1 Å². The summed E-state index contributed by atoms with van der Waals surface area (Å²) in [6, 6.07) is 0. The molecule has 0 heterocycles. The summed E-state index contributed by atoms with van der Waals surface area (Å²) < 4.78 is 41.4. The number of alkyl halides is 4. The second kappa shape index (κ2) is 6.09. The van der Waals surface area contributed by atoms with Gasteiger partial charge in [-0.15, -0.1) is 0 Å². The van der Waals surface area contributed by atoms with Crippen LogP contribution in [-0.4, -0.2) is 24.2 Å². The minimum Gasteiger partial charge on any atom is -0.380 e. The second-order valence-corrected chi connectivity index (χ2v) is 5.16. The zero-order chi connectivity index (χ0) is 11.3. The Morgan fingerprint density at radius 2 is 1.80 bits per heavy atom. The van der Waals surface area contributed by atoms with Crippen molar-refractivity contribution in [2.45, 2.75) is 43.1 Å². The smallest absolute Gasteiger partial charge is 0.380 e. The molecule has 1 unspecified atom stereocenters. The van der Waals surface area contributed by atoms with E-state index in [2.05, 4.69) is 15.9 Å². The third-order valence-electron chi connectivity index (χ3n) is 2.70. The molecule has 1 rings (SSSR count). The maximum atomic E-state index is 12.1. The number of rotatable bonds is 4. The highest BCUT2D eigenvalue weighted by atomic mass is 79.9. The highest BCUT2D eigenvalue weighted by Crippen LogP contribution is 2.27. The van der Waals surface area contributed by atoms with Crippen molar-refractivity contribution >= 4 is 15.9 Å². The van der Waals surface area contributed by atoms with E-state index < -0.39 is 11.0 Å². The van der Waals surface area contributed by atoms with Crippen LogP contribution in [0.25, 0.3) is 0 Å². The lowest BCUT2D eigenvalue weighted by Gasteiger charge is -2.22. The van der Waals surface area contributed by atoms with E-state index in [0.29, 0.717) is 12.5 Å². The van der Waals surface area contributed by atoms with Crippen LogP contribution in [0.15, 0.2) is 0 Å². The molecule has 1 saturated carbocycles. The Morgan fingerprint density at radius 1 is 1.20 bits per heavy atom. The summed E-state index contributed by atoms with van der Waals surface area (Å²) in [4.78, 5) is -1.53. The van der Waals surface area contributed by atoms with Crippen molar-refractivity contribution in [2.24, 2.45) is 5.92 Å². The van der Waals surface area contributed by atoms with Crippen LogP contribution in [0.2, 0.25) is 0 Å². The van der Waals surface area contributed by atoms with E-state index in [1.54, 1.807) is 0 Å². The van der Waals surface area contributed by atoms with Crippen molar-refractivity contribution in [3.05, 3.63) is 0 Å². The van der Waals surface area contributed by atoms with Crippen LogP contribution in [0.4, 0.5) is 13.2 Å². The van der Waals surface area contributed by atoms with Crippen LogP contribution in [-0.2, 0) is 4.74 Å². The van der Waals surface area contributed by atoms with E-state index in [9.17, 15) is 13.2 Å². The van der Waals surface area contributed by atoms with Gasteiger partial charge in [0.05, 0.1) is 6.61 Å². The van der Waals surface area contributed by atoms with Gasteiger partial charge in [-0.1, -0.05) is 35.2 Å². The van der Waals surface area contributed by atoms with Gasteiger partial charge in [-0.05, 0) is 18.8 Å². The Labute approximate surface area is 96.5 Å². The molecule has 0 radical (unpaired) electrons. The predicted molar refractivity (Wildman–Crippen MR) is 56.2 cm³/mol. The van der Waals surface area contributed by atoms with Gasteiger partial charge in [0.25, 0.3) is 0 Å². The SMILES string of the molecule is FC(F)(F)C(Br)COCC1CCCCC1. The molecule has 0 aromatic rings. The molecule has 0 bridgehead atoms. The van der Waals surface area contributed by atoms with Gasteiger partial charge in [-0.3, -0.25) is 0 Å². The molecule has 5 heteroatoms. The lowest BCUT2D eigenvalue weighted by Crippen LogP contribution is -2.28. The van der Waals surface area contributed by atoms with E-state index in [4.69, 9.17) is 4.74 Å². The van der Waals surface area contributed by atoms with E-state index >= 15 is 0 Å². The highest BCUT2D eigenvalue weighted by molar-refractivity contribution is 9.09. The lowest BCUT2D eigenvalue weighted by molar-refractivity contribution is -0.138. The van der Waals surface area contributed by atoms with Gasteiger partial charge in [0, 0.05) is 6.61 Å². The van der Waals surface area contributed by atoms with Gasteiger partial charge in [0.1, 0.15) is 4.83 Å². The first-order valence-electron chi connectivity index (χ1n) is 5.28. The molecule has 0 N–H and O–H groups in total. The fraction of sp³-hybridized carbons (Fsp3) is 1.00. The second-order valence-electron chi connectivity index (χ2n) is 4.05. The fourth-order valence-corrected chi connectivity index (χ4v) is 1.97.